The molecule has 0 saturated carbocycles. The zero-order valence-electron chi connectivity index (χ0n) is 9.53. The lowest BCUT2D eigenvalue weighted by Gasteiger charge is -2.24. The summed E-state index contributed by atoms with van der Waals surface area (Å²) in [5.41, 5.74) is 0.683. The first-order valence-electron chi connectivity index (χ1n) is 5.87. The first kappa shape index (κ1) is 12.8. The zero-order valence-corrected chi connectivity index (χ0v) is 10.3. The molecule has 1 aliphatic heterocycles. The van der Waals surface area contributed by atoms with Crippen LogP contribution in [-0.2, 0) is 4.74 Å². The van der Waals surface area contributed by atoms with Gasteiger partial charge in [-0.15, -0.1) is 0 Å². The van der Waals surface area contributed by atoms with Crippen molar-refractivity contribution in [1.29, 1.82) is 0 Å². The molecule has 4 heteroatoms. The fourth-order valence-corrected chi connectivity index (χ4v) is 2.34. The van der Waals surface area contributed by atoms with Crippen molar-refractivity contribution >= 4 is 11.6 Å². The molecule has 1 atom stereocenters. The molecular weight excluding hydrogens is 243 g/mol. The molecule has 1 saturated heterocycles. The van der Waals surface area contributed by atoms with E-state index in [1.807, 2.05) is 0 Å². The lowest BCUT2D eigenvalue weighted by molar-refractivity contribution is 0.0435. The highest BCUT2D eigenvalue weighted by Gasteiger charge is 2.19. The van der Waals surface area contributed by atoms with Crippen molar-refractivity contribution in [2.75, 3.05) is 13.2 Å². The molecule has 0 aromatic heterocycles. The van der Waals surface area contributed by atoms with Crippen LogP contribution in [0.15, 0.2) is 18.2 Å². The van der Waals surface area contributed by atoms with Gasteiger partial charge in [0.2, 0.25) is 0 Å². The van der Waals surface area contributed by atoms with Crippen LogP contribution in [0.4, 0.5) is 4.39 Å². The molecule has 94 valence electrons. The van der Waals surface area contributed by atoms with Crippen molar-refractivity contribution in [1.82, 2.24) is 0 Å². The Morgan fingerprint density at radius 1 is 1.41 bits per heavy atom. The third-order valence-electron chi connectivity index (χ3n) is 3.23. The van der Waals surface area contributed by atoms with Gasteiger partial charge in [0.05, 0.1) is 11.1 Å². The molecule has 0 bridgehead atoms. The van der Waals surface area contributed by atoms with E-state index in [4.69, 9.17) is 16.3 Å². The van der Waals surface area contributed by atoms with Gasteiger partial charge in [0, 0.05) is 13.2 Å². The Morgan fingerprint density at radius 3 is 2.76 bits per heavy atom. The van der Waals surface area contributed by atoms with Crippen LogP contribution in [0.25, 0.3) is 0 Å². The van der Waals surface area contributed by atoms with Gasteiger partial charge in [-0.25, -0.2) is 4.39 Å². The summed E-state index contributed by atoms with van der Waals surface area (Å²) >= 11 is 5.69. The van der Waals surface area contributed by atoms with Crippen molar-refractivity contribution in [3.8, 4) is 0 Å². The van der Waals surface area contributed by atoms with Crippen LogP contribution >= 0.6 is 11.6 Å². The Morgan fingerprint density at radius 2 is 2.12 bits per heavy atom. The van der Waals surface area contributed by atoms with Gasteiger partial charge < -0.3 is 9.84 Å². The van der Waals surface area contributed by atoms with Crippen molar-refractivity contribution in [3.63, 3.8) is 0 Å². The fraction of sp³-hybridized carbons (Fsp3) is 0.538. The zero-order chi connectivity index (χ0) is 12.3. The van der Waals surface area contributed by atoms with Crippen molar-refractivity contribution in [2.24, 2.45) is 5.92 Å². The third-order valence-corrected chi connectivity index (χ3v) is 3.52. The average Bonchev–Trinajstić information content (AvgIpc) is 2.34. The summed E-state index contributed by atoms with van der Waals surface area (Å²) in [6.45, 7) is 1.53. The normalized spacial score (nSPS) is 19.2. The van der Waals surface area contributed by atoms with E-state index in [1.54, 1.807) is 6.07 Å². The van der Waals surface area contributed by atoms with Gasteiger partial charge in [0.25, 0.3) is 0 Å². The van der Waals surface area contributed by atoms with E-state index in [-0.39, 0.29) is 5.02 Å². The lowest BCUT2D eigenvalue weighted by Crippen LogP contribution is -2.18. The summed E-state index contributed by atoms with van der Waals surface area (Å²) in [5.74, 6) is 0.0243. The van der Waals surface area contributed by atoms with E-state index < -0.39 is 11.9 Å². The van der Waals surface area contributed by atoms with Gasteiger partial charge in [0.1, 0.15) is 5.82 Å². The summed E-state index contributed by atoms with van der Waals surface area (Å²) in [6.07, 6.45) is 2.07. The number of halogens is 2. The monoisotopic (exact) mass is 258 g/mol. The first-order chi connectivity index (χ1) is 8.16. The molecular formula is C13H16ClFO2. The van der Waals surface area contributed by atoms with E-state index in [0.29, 0.717) is 17.9 Å². The standard InChI is InChI=1S/C13H16ClFO2/c14-11-8-10(1-2-12(11)15)13(16)7-9-3-5-17-6-4-9/h1-2,8-9,13,16H,3-7H2. The predicted molar refractivity (Wildman–Crippen MR) is 64.5 cm³/mol. The van der Waals surface area contributed by atoms with E-state index in [2.05, 4.69) is 0 Å². The molecule has 1 aliphatic rings. The van der Waals surface area contributed by atoms with Gasteiger partial charge in [-0.05, 0) is 42.9 Å². The summed E-state index contributed by atoms with van der Waals surface area (Å²) in [6, 6.07) is 4.39. The molecule has 0 amide bonds. The highest BCUT2D eigenvalue weighted by molar-refractivity contribution is 6.30. The minimum atomic E-state index is -0.573. The molecule has 2 rings (SSSR count). The van der Waals surface area contributed by atoms with Crippen molar-refractivity contribution in [3.05, 3.63) is 34.6 Å². The maximum absolute atomic E-state index is 13.0. The number of aliphatic hydroxyl groups excluding tert-OH is 1. The van der Waals surface area contributed by atoms with Gasteiger partial charge in [-0.1, -0.05) is 17.7 Å². The smallest absolute Gasteiger partial charge is 0.141 e. The molecule has 1 aromatic rings. The molecule has 17 heavy (non-hydrogen) atoms. The molecule has 0 aliphatic carbocycles. The maximum atomic E-state index is 13.0. The SMILES string of the molecule is OC(CC1CCOCC1)c1ccc(F)c(Cl)c1. The van der Waals surface area contributed by atoms with E-state index in [0.717, 1.165) is 26.1 Å². The van der Waals surface area contributed by atoms with Gasteiger partial charge in [-0.2, -0.15) is 0 Å². The van der Waals surface area contributed by atoms with E-state index >= 15 is 0 Å². The summed E-state index contributed by atoms with van der Waals surface area (Å²) < 4.78 is 18.3. The third kappa shape index (κ3) is 3.41. The minimum absolute atomic E-state index is 0.0635. The Hall–Kier alpha value is -0.640. The van der Waals surface area contributed by atoms with Crippen LogP contribution in [0.2, 0.25) is 5.02 Å². The van der Waals surface area contributed by atoms with Crippen LogP contribution in [-0.4, -0.2) is 18.3 Å². The summed E-state index contributed by atoms with van der Waals surface area (Å²) in [7, 11) is 0. The molecule has 1 fully saturated rings. The minimum Gasteiger partial charge on any atom is -0.388 e. The second-order valence-corrected chi connectivity index (χ2v) is 4.89. The van der Waals surface area contributed by atoms with Crippen LogP contribution < -0.4 is 0 Å². The highest BCUT2D eigenvalue weighted by Crippen LogP contribution is 2.29. The van der Waals surface area contributed by atoms with Gasteiger partial charge in [0.15, 0.2) is 0 Å². The summed E-state index contributed by atoms with van der Waals surface area (Å²) in [5, 5.41) is 10.1. The van der Waals surface area contributed by atoms with Crippen LogP contribution in [0.5, 0.6) is 0 Å². The maximum Gasteiger partial charge on any atom is 0.141 e. The highest BCUT2D eigenvalue weighted by atomic mass is 35.5. The molecule has 2 nitrogen and oxygen atoms in total. The van der Waals surface area contributed by atoms with Crippen molar-refractivity contribution < 1.29 is 14.2 Å². The Bertz CT molecular complexity index is 378. The Labute approximate surface area is 105 Å². The average molecular weight is 259 g/mol. The lowest BCUT2D eigenvalue weighted by atomic mass is 9.91. The number of ether oxygens (including phenoxy) is 1. The van der Waals surface area contributed by atoms with Gasteiger partial charge >= 0.3 is 0 Å². The van der Waals surface area contributed by atoms with Crippen LogP contribution in [0, 0.1) is 11.7 Å². The number of hydrogen-bond acceptors (Lipinski definition) is 2. The number of benzene rings is 1. The first-order valence-corrected chi connectivity index (χ1v) is 6.25. The van der Waals surface area contributed by atoms with E-state index in [9.17, 15) is 9.50 Å². The molecule has 1 unspecified atom stereocenters. The number of hydrogen-bond donors (Lipinski definition) is 1. The molecule has 0 radical (unpaired) electrons. The van der Waals surface area contributed by atoms with E-state index in [1.165, 1.54) is 12.1 Å². The van der Waals surface area contributed by atoms with Crippen molar-refractivity contribution in [2.45, 2.75) is 25.4 Å². The quantitative estimate of drug-likeness (QED) is 0.901. The Balaban J connectivity index is 1.98. The number of rotatable bonds is 3. The van der Waals surface area contributed by atoms with Gasteiger partial charge in [-0.3, -0.25) is 0 Å². The largest absolute Gasteiger partial charge is 0.388 e. The second-order valence-electron chi connectivity index (χ2n) is 4.48. The topological polar surface area (TPSA) is 29.5 Å². The fourth-order valence-electron chi connectivity index (χ4n) is 2.15. The Kier molecular flexibility index (Phi) is 4.37. The number of aliphatic hydroxyl groups is 1. The molecule has 1 N–H and O–H groups in total. The molecule has 1 heterocycles. The second kappa shape index (κ2) is 5.80. The molecule has 1 aromatic carbocycles. The predicted octanol–water partition coefficient (Wildman–Crippen LogP) is 3.33. The van der Waals surface area contributed by atoms with Crippen LogP contribution in [0.1, 0.15) is 30.9 Å². The van der Waals surface area contributed by atoms with Crippen LogP contribution in [0.3, 0.4) is 0 Å². The summed E-state index contributed by atoms with van der Waals surface area (Å²) in [4.78, 5) is 0. The molecule has 0 spiro atoms.